The summed E-state index contributed by atoms with van der Waals surface area (Å²) in [5.74, 6) is 0.102. The van der Waals surface area contributed by atoms with Gasteiger partial charge in [0.25, 0.3) is 5.90 Å². The zero-order valence-electron chi connectivity index (χ0n) is 12.2. The van der Waals surface area contributed by atoms with Crippen LogP contribution in [0.5, 0.6) is 0 Å². The highest BCUT2D eigenvalue weighted by molar-refractivity contribution is 9.10. The largest absolute Gasteiger partial charge is 0.384 e. The van der Waals surface area contributed by atoms with E-state index in [4.69, 9.17) is 16.4 Å². The fourth-order valence-corrected chi connectivity index (χ4v) is 3.56. The molecule has 4 rings (SSSR count). The quantitative estimate of drug-likeness (QED) is 0.829. The Labute approximate surface area is 145 Å². The molecule has 0 saturated heterocycles. The molecule has 0 radical (unpaired) electrons. The van der Waals surface area contributed by atoms with Crippen LogP contribution in [0, 0.1) is 12.7 Å². The fourth-order valence-electron chi connectivity index (χ4n) is 2.93. The van der Waals surface area contributed by atoms with Crippen LogP contribution in [0.1, 0.15) is 29.7 Å². The Hall–Kier alpha value is -1.44. The van der Waals surface area contributed by atoms with Gasteiger partial charge in [0.15, 0.2) is 5.69 Å². The van der Waals surface area contributed by atoms with E-state index in [1.807, 2.05) is 6.92 Å². The van der Waals surface area contributed by atoms with Crippen LogP contribution < -0.4 is 5.48 Å². The predicted molar refractivity (Wildman–Crippen MR) is 87.9 cm³/mol. The van der Waals surface area contributed by atoms with E-state index in [-0.39, 0.29) is 17.4 Å². The number of rotatable bonds is 3. The standard InChI is InChI=1S/C15H13BrClFN4O/c1-7-11(20-21-12(7)16)13-19-14(22-23-13)15(4-5-15)9-3-2-8(18)6-10(9)17/h2-3,6,14,22H,4-5H2,1H3,(H,20,21). The van der Waals surface area contributed by atoms with Crippen molar-refractivity contribution in [3.8, 4) is 0 Å². The fraction of sp³-hybridized carbons (Fsp3) is 0.333. The zero-order valence-corrected chi connectivity index (χ0v) is 14.5. The molecule has 23 heavy (non-hydrogen) atoms. The summed E-state index contributed by atoms with van der Waals surface area (Å²) in [4.78, 5) is 10.2. The van der Waals surface area contributed by atoms with Gasteiger partial charge >= 0.3 is 0 Å². The van der Waals surface area contributed by atoms with Crippen molar-refractivity contribution in [2.75, 3.05) is 0 Å². The van der Waals surface area contributed by atoms with E-state index in [0.717, 1.165) is 28.6 Å². The van der Waals surface area contributed by atoms with Crippen molar-refractivity contribution in [1.82, 2.24) is 15.7 Å². The van der Waals surface area contributed by atoms with E-state index in [1.165, 1.54) is 12.1 Å². The SMILES string of the molecule is Cc1c(C2=NC(C3(c4ccc(F)cc4Cl)CC3)NO2)n[nH]c1Br. The number of H-pyrrole nitrogens is 1. The molecule has 1 saturated carbocycles. The maximum Gasteiger partial charge on any atom is 0.263 e. The number of benzene rings is 1. The van der Waals surface area contributed by atoms with Crippen LogP contribution in [-0.2, 0) is 10.3 Å². The third-order valence-corrected chi connectivity index (χ3v) is 5.53. The number of hydroxylamine groups is 1. The first-order valence-electron chi connectivity index (χ1n) is 7.18. The maximum absolute atomic E-state index is 13.3. The van der Waals surface area contributed by atoms with Crippen LogP contribution in [0.4, 0.5) is 4.39 Å². The predicted octanol–water partition coefficient (Wildman–Crippen LogP) is 3.61. The lowest BCUT2D eigenvalue weighted by Crippen LogP contribution is -2.34. The number of nitrogens with one attached hydrogen (secondary N) is 2. The molecular formula is C15H13BrClFN4O. The Bertz CT molecular complexity index is 818. The van der Waals surface area contributed by atoms with Gasteiger partial charge in [-0.3, -0.25) is 5.10 Å². The zero-order chi connectivity index (χ0) is 16.2. The Morgan fingerprint density at radius 1 is 1.43 bits per heavy atom. The maximum atomic E-state index is 13.3. The van der Waals surface area contributed by atoms with Gasteiger partial charge in [0.05, 0.1) is 0 Å². The van der Waals surface area contributed by atoms with E-state index in [2.05, 4.69) is 36.6 Å². The molecule has 2 heterocycles. The lowest BCUT2D eigenvalue weighted by molar-refractivity contribution is 0.161. The molecule has 5 nitrogen and oxygen atoms in total. The molecule has 1 atom stereocenters. The molecule has 2 aromatic rings. The van der Waals surface area contributed by atoms with Gasteiger partial charge in [-0.15, -0.1) is 5.48 Å². The van der Waals surface area contributed by atoms with Crippen LogP contribution >= 0.6 is 27.5 Å². The lowest BCUT2D eigenvalue weighted by Gasteiger charge is -2.21. The Balaban J connectivity index is 1.68. The second kappa shape index (κ2) is 5.29. The molecule has 8 heteroatoms. The molecule has 2 aliphatic rings. The summed E-state index contributed by atoms with van der Waals surface area (Å²) in [7, 11) is 0. The number of hydrogen-bond acceptors (Lipinski definition) is 4. The summed E-state index contributed by atoms with van der Waals surface area (Å²) in [6.07, 6.45) is 1.56. The average molecular weight is 400 g/mol. The first kappa shape index (κ1) is 15.1. The number of aliphatic imine (C=N–C) groups is 1. The first-order valence-corrected chi connectivity index (χ1v) is 8.35. The van der Waals surface area contributed by atoms with E-state index in [1.54, 1.807) is 6.07 Å². The summed E-state index contributed by atoms with van der Waals surface area (Å²) in [6, 6.07) is 4.50. The van der Waals surface area contributed by atoms with Gasteiger partial charge in [-0.05, 0) is 53.4 Å². The Kier molecular flexibility index (Phi) is 3.48. The number of hydrogen-bond donors (Lipinski definition) is 2. The Morgan fingerprint density at radius 3 is 2.83 bits per heavy atom. The van der Waals surface area contributed by atoms with Crippen molar-refractivity contribution in [2.45, 2.75) is 31.3 Å². The molecule has 0 spiro atoms. The molecule has 1 unspecified atom stereocenters. The molecule has 0 amide bonds. The first-order chi connectivity index (χ1) is 11.0. The number of halogens is 3. The summed E-state index contributed by atoms with van der Waals surface area (Å²) in [5.41, 5.74) is 5.19. The molecule has 1 aromatic carbocycles. The number of nitrogens with zero attached hydrogens (tertiary/aromatic N) is 2. The van der Waals surface area contributed by atoms with E-state index < -0.39 is 0 Å². The van der Waals surface area contributed by atoms with Crippen molar-refractivity contribution in [2.24, 2.45) is 4.99 Å². The van der Waals surface area contributed by atoms with Gasteiger partial charge < -0.3 is 4.84 Å². The van der Waals surface area contributed by atoms with Crippen LogP contribution in [0.3, 0.4) is 0 Å². The second-order valence-electron chi connectivity index (χ2n) is 5.85. The summed E-state index contributed by atoms with van der Waals surface area (Å²) in [6.45, 7) is 1.92. The highest BCUT2D eigenvalue weighted by Gasteiger charge is 2.54. The van der Waals surface area contributed by atoms with E-state index >= 15 is 0 Å². The van der Waals surface area contributed by atoms with Crippen LogP contribution in [0.15, 0.2) is 27.8 Å². The molecule has 1 aliphatic carbocycles. The monoisotopic (exact) mass is 398 g/mol. The van der Waals surface area contributed by atoms with Gasteiger partial charge in [0, 0.05) is 16.0 Å². The molecule has 0 bridgehead atoms. The van der Waals surface area contributed by atoms with Gasteiger partial charge in [-0.25, -0.2) is 9.38 Å². The van der Waals surface area contributed by atoms with Crippen molar-refractivity contribution in [1.29, 1.82) is 0 Å². The van der Waals surface area contributed by atoms with E-state index in [9.17, 15) is 4.39 Å². The summed E-state index contributed by atoms with van der Waals surface area (Å²) >= 11 is 9.61. The van der Waals surface area contributed by atoms with Crippen molar-refractivity contribution < 1.29 is 9.23 Å². The average Bonchev–Trinajstić information content (AvgIpc) is 3.03. The summed E-state index contributed by atoms with van der Waals surface area (Å²) in [5, 5.41) is 7.46. The highest BCUT2D eigenvalue weighted by atomic mass is 79.9. The third kappa shape index (κ3) is 2.38. The molecule has 2 N–H and O–H groups in total. The summed E-state index contributed by atoms with van der Waals surface area (Å²) < 4.78 is 14.1. The van der Waals surface area contributed by atoms with Gasteiger partial charge in [-0.2, -0.15) is 5.10 Å². The molecule has 1 fully saturated rings. The number of aromatic amines is 1. The van der Waals surface area contributed by atoms with E-state index in [0.29, 0.717) is 16.6 Å². The Morgan fingerprint density at radius 2 is 2.22 bits per heavy atom. The molecular weight excluding hydrogens is 387 g/mol. The molecule has 120 valence electrons. The topological polar surface area (TPSA) is 62.3 Å². The van der Waals surface area contributed by atoms with Gasteiger partial charge in [-0.1, -0.05) is 17.7 Å². The van der Waals surface area contributed by atoms with Crippen molar-refractivity contribution in [3.63, 3.8) is 0 Å². The third-order valence-electron chi connectivity index (χ3n) is 4.45. The molecule has 1 aromatic heterocycles. The minimum Gasteiger partial charge on any atom is -0.384 e. The smallest absolute Gasteiger partial charge is 0.263 e. The second-order valence-corrected chi connectivity index (χ2v) is 7.05. The van der Waals surface area contributed by atoms with Crippen LogP contribution in [-0.4, -0.2) is 22.3 Å². The van der Waals surface area contributed by atoms with Crippen molar-refractivity contribution in [3.05, 3.63) is 50.5 Å². The van der Waals surface area contributed by atoms with Crippen LogP contribution in [0.25, 0.3) is 0 Å². The number of aromatic nitrogens is 2. The van der Waals surface area contributed by atoms with Gasteiger partial charge in [0.1, 0.15) is 16.6 Å². The van der Waals surface area contributed by atoms with Gasteiger partial charge in [0.2, 0.25) is 0 Å². The molecule has 1 aliphatic heterocycles. The van der Waals surface area contributed by atoms with Crippen molar-refractivity contribution >= 4 is 33.4 Å². The lowest BCUT2D eigenvalue weighted by atomic mass is 9.93. The minimum atomic E-state index is -0.341. The highest BCUT2D eigenvalue weighted by Crippen LogP contribution is 2.54. The van der Waals surface area contributed by atoms with Crippen LogP contribution in [0.2, 0.25) is 5.02 Å². The normalized spacial score (nSPS) is 21.9. The minimum absolute atomic E-state index is 0.256.